The van der Waals surface area contributed by atoms with Crippen LogP contribution in [0.1, 0.15) is 18.4 Å². The number of rotatable bonds is 3. The minimum absolute atomic E-state index is 0.769. The van der Waals surface area contributed by atoms with E-state index >= 15 is 0 Å². The molecule has 1 saturated heterocycles. The summed E-state index contributed by atoms with van der Waals surface area (Å²) in [7, 11) is 1.70. The van der Waals surface area contributed by atoms with E-state index in [2.05, 4.69) is 16.3 Å². The quantitative estimate of drug-likeness (QED) is 0.914. The maximum absolute atomic E-state index is 5.88. The van der Waals surface area contributed by atoms with Gasteiger partial charge in [0.1, 0.15) is 18.1 Å². The summed E-state index contributed by atoms with van der Waals surface area (Å²) in [5.74, 6) is 2.68. The predicted molar refractivity (Wildman–Crippen MR) is 79.4 cm³/mol. The Labute approximate surface area is 121 Å². The molecule has 1 aromatic rings. The number of methoxy groups -OCH3 is 1. The first-order valence-electron chi connectivity index (χ1n) is 7.58. The molecule has 4 heteroatoms. The Morgan fingerprint density at radius 1 is 1.35 bits per heavy atom. The molecule has 110 valence electrons. The van der Waals surface area contributed by atoms with Crippen molar-refractivity contribution in [1.82, 2.24) is 10.2 Å². The van der Waals surface area contributed by atoms with E-state index in [-0.39, 0.29) is 0 Å². The maximum Gasteiger partial charge on any atom is 0.127 e. The van der Waals surface area contributed by atoms with Gasteiger partial charge in [-0.05, 0) is 37.9 Å². The van der Waals surface area contributed by atoms with E-state index in [1.807, 2.05) is 12.1 Å². The summed E-state index contributed by atoms with van der Waals surface area (Å²) in [6, 6.07) is 6.16. The van der Waals surface area contributed by atoms with E-state index < -0.39 is 0 Å². The SMILES string of the molecule is COc1ccc2c(c1)OCCN(CC1CCNCC1)C2. The van der Waals surface area contributed by atoms with E-state index in [0.717, 1.165) is 37.1 Å². The van der Waals surface area contributed by atoms with Crippen LogP contribution in [0.25, 0.3) is 0 Å². The lowest BCUT2D eigenvalue weighted by molar-refractivity contribution is 0.181. The molecule has 3 rings (SSSR count). The van der Waals surface area contributed by atoms with Crippen molar-refractivity contribution in [3.63, 3.8) is 0 Å². The molecule has 20 heavy (non-hydrogen) atoms. The molecule has 1 fully saturated rings. The van der Waals surface area contributed by atoms with Crippen molar-refractivity contribution in [2.75, 3.05) is 39.9 Å². The molecule has 1 N–H and O–H groups in total. The summed E-state index contributed by atoms with van der Waals surface area (Å²) in [5, 5.41) is 3.44. The number of hydrogen-bond donors (Lipinski definition) is 1. The first-order valence-corrected chi connectivity index (χ1v) is 7.58. The second-order valence-corrected chi connectivity index (χ2v) is 5.75. The van der Waals surface area contributed by atoms with Gasteiger partial charge in [-0.25, -0.2) is 0 Å². The van der Waals surface area contributed by atoms with Gasteiger partial charge in [-0.15, -0.1) is 0 Å². The number of ether oxygens (including phenoxy) is 2. The second-order valence-electron chi connectivity index (χ2n) is 5.75. The average Bonchev–Trinajstić information content (AvgIpc) is 2.69. The lowest BCUT2D eigenvalue weighted by atomic mass is 9.97. The van der Waals surface area contributed by atoms with Gasteiger partial charge in [0.25, 0.3) is 0 Å². The summed E-state index contributed by atoms with van der Waals surface area (Å²) < 4.78 is 11.1. The first-order chi connectivity index (χ1) is 9.85. The van der Waals surface area contributed by atoms with Crippen LogP contribution >= 0.6 is 0 Å². The number of hydrogen-bond acceptors (Lipinski definition) is 4. The van der Waals surface area contributed by atoms with Gasteiger partial charge in [0.05, 0.1) is 7.11 Å². The molecular formula is C16H24N2O2. The molecule has 0 aliphatic carbocycles. The lowest BCUT2D eigenvalue weighted by Crippen LogP contribution is -2.36. The Hall–Kier alpha value is -1.26. The Balaban J connectivity index is 1.66. The van der Waals surface area contributed by atoms with E-state index in [0.29, 0.717) is 0 Å². The van der Waals surface area contributed by atoms with Crippen LogP contribution in [-0.4, -0.2) is 44.8 Å². The van der Waals surface area contributed by atoms with E-state index in [9.17, 15) is 0 Å². The van der Waals surface area contributed by atoms with Gasteiger partial charge in [0.2, 0.25) is 0 Å². The highest BCUT2D eigenvalue weighted by Gasteiger charge is 2.20. The van der Waals surface area contributed by atoms with Gasteiger partial charge in [-0.2, -0.15) is 0 Å². The second kappa shape index (κ2) is 6.46. The maximum atomic E-state index is 5.88. The lowest BCUT2D eigenvalue weighted by Gasteiger charge is -2.28. The molecule has 0 saturated carbocycles. The van der Waals surface area contributed by atoms with Gasteiger partial charge in [0, 0.05) is 31.3 Å². The average molecular weight is 276 g/mol. The topological polar surface area (TPSA) is 33.7 Å². The van der Waals surface area contributed by atoms with Gasteiger partial charge >= 0.3 is 0 Å². The number of nitrogens with zero attached hydrogens (tertiary/aromatic N) is 1. The highest BCUT2D eigenvalue weighted by Crippen LogP contribution is 2.28. The Morgan fingerprint density at radius 3 is 3.00 bits per heavy atom. The minimum Gasteiger partial charge on any atom is -0.497 e. The fourth-order valence-electron chi connectivity index (χ4n) is 3.12. The van der Waals surface area contributed by atoms with E-state index in [1.165, 1.54) is 38.0 Å². The molecule has 2 aliphatic rings. The van der Waals surface area contributed by atoms with Gasteiger partial charge in [0.15, 0.2) is 0 Å². The van der Waals surface area contributed by atoms with E-state index in [1.54, 1.807) is 7.11 Å². The monoisotopic (exact) mass is 276 g/mol. The third-order valence-electron chi connectivity index (χ3n) is 4.31. The highest BCUT2D eigenvalue weighted by atomic mass is 16.5. The molecule has 0 amide bonds. The van der Waals surface area contributed by atoms with Gasteiger partial charge in [-0.1, -0.05) is 6.07 Å². The number of fused-ring (bicyclic) bond motifs is 1. The molecule has 4 nitrogen and oxygen atoms in total. The normalized spacial score (nSPS) is 20.9. The fraction of sp³-hybridized carbons (Fsp3) is 0.625. The van der Waals surface area contributed by atoms with Crippen LogP contribution in [-0.2, 0) is 6.54 Å². The van der Waals surface area contributed by atoms with Crippen molar-refractivity contribution >= 4 is 0 Å². The summed E-state index contributed by atoms with van der Waals surface area (Å²) in [4.78, 5) is 2.54. The molecular weight excluding hydrogens is 252 g/mol. The Bertz CT molecular complexity index is 444. The Kier molecular flexibility index (Phi) is 4.43. The van der Waals surface area contributed by atoms with Crippen LogP contribution in [0.5, 0.6) is 11.5 Å². The third-order valence-corrected chi connectivity index (χ3v) is 4.31. The summed E-state index contributed by atoms with van der Waals surface area (Å²) in [5.41, 5.74) is 1.28. The number of piperidine rings is 1. The summed E-state index contributed by atoms with van der Waals surface area (Å²) >= 11 is 0. The van der Waals surface area contributed by atoms with Crippen LogP contribution in [0.15, 0.2) is 18.2 Å². The molecule has 0 radical (unpaired) electrons. The Morgan fingerprint density at radius 2 is 2.20 bits per heavy atom. The zero-order valence-electron chi connectivity index (χ0n) is 12.2. The molecule has 2 aliphatic heterocycles. The zero-order chi connectivity index (χ0) is 13.8. The number of benzene rings is 1. The van der Waals surface area contributed by atoms with Crippen LogP contribution in [0.3, 0.4) is 0 Å². The molecule has 0 bridgehead atoms. The van der Waals surface area contributed by atoms with Crippen LogP contribution in [0.2, 0.25) is 0 Å². The molecule has 0 spiro atoms. The third kappa shape index (κ3) is 3.25. The molecule has 1 aromatic carbocycles. The van der Waals surface area contributed by atoms with Crippen molar-refractivity contribution in [3.8, 4) is 11.5 Å². The molecule has 0 unspecified atom stereocenters. The van der Waals surface area contributed by atoms with Crippen molar-refractivity contribution in [3.05, 3.63) is 23.8 Å². The van der Waals surface area contributed by atoms with Crippen molar-refractivity contribution in [1.29, 1.82) is 0 Å². The summed E-state index contributed by atoms with van der Waals surface area (Å²) in [6.45, 7) is 6.30. The van der Waals surface area contributed by atoms with Crippen molar-refractivity contribution in [2.24, 2.45) is 5.92 Å². The first kappa shape index (κ1) is 13.7. The standard InChI is InChI=1S/C16H24N2O2/c1-19-15-3-2-14-12-18(8-9-20-16(14)10-15)11-13-4-6-17-7-5-13/h2-3,10,13,17H,4-9,11-12H2,1H3. The largest absolute Gasteiger partial charge is 0.497 e. The highest BCUT2D eigenvalue weighted by molar-refractivity contribution is 5.41. The van der Waals surface area contributed by atoms with Crippen LogP contribution < -0.4 is 14.8 Å². The van der Waals surface area contributed by atoms with Gasteiger partial charge in [-0.3, -0.25) is 4.90 Å². The summed E-state index contributed by atoms with van der Waals surface area (Å²) in [6.07, 6.45) is 2.60. The number of nitrogens with one attached hydrogen (secondary N) is 1. The van der Waals surface area contributed by atoms with Crippen molar-refractivity contribution < 1.29 is 9.47 Å². The molecule has 2 heterocycles. The predicted octanol–water partition coefficient (Wildman–Crippen LogP) is 1.89. The van der Waals surface area contributed by atoms with Crippen LogP contribution in [0, 0.1) is 5.92 Å². The van der Waals surface area contributed by atoms with Gasteiger partial charge < -0.3 is 14.8 Å². The smallest absolute Gasteiger partial charge is 0.127 e. The molecule has 0 atom stereocenters. The van der Waals surface area contributed by atoms with E-state index in [4.69, 9.17) is 9.47 Å². The zero-order valence-corrected chi connectivity index (χ0v) is 12.2. The fourth-order valence-corrected chi connectivity index (χ4v) is 3.12. The minimum atomic E-state index is 0.769. The van der Waals surface area contributed by atoms with Crippen molar-refractivity contribution in [2.45, 2.75) is 19.4 Å². The van der Waals surface area contributed by atoms with Crippen LogP contribution in [0.4, 0.5) is 0 Å². The molecule has 0 aromatic heterocycles.